The minimum Gasteiger partial charge on any atom is -0.377 e. The highest BCUT2D eigenvalue weighted by atomic mass is 19.1. The lowest BCUT2D eigenvalue weighted by molar-refractivity contribution is 0.153. The van der Waals surface area contributed by atoms with Crippen LogP contribution < -0.4 is 4.90 Å². The van der Waals surface area contributed by atoms with E-state index in [-0.39, 0.29) is 11.4 Å². The van der Waals surface area contributed by atoms with Crippen molar-refractivity contribution in [1.82, 2.24) is 9.80 Å². The lowest BCUT2D eigenvalue weighted by Gasteiger charge is -2.32. The first-order valence-corrected chi connectivity index (χ1v) is 7.82. The standard InChI is InChI=1S/C17H25FN4/c1-20(2)16-7-6-14(17(18)15(16)13-19)5-4-8-22-11-9-21(3)10-12-22/h6-7H,4-5,8-12H2,1-3H3. The summed E-state index contributed by atoms with van der Waals surface area (Å²) in [6.07, 6.45) is 1.60. The van der Waals surface area contributed by atoms with Gasteiger partial charge in [-0.1, -0.05) is 6.07 Å². The zero-order valence-electron chi connectivity index (χ0n) is 13.8. The molecule has 5 heteroatoms. The molecule has 0 amide bonds. The van der Waals surface area contributed by atoms with E-state index in [1.807, 2.05) is 32.3 Å². The quantitative estimate of drug-likeness (QED) is 0.832. The molecule has 0 N–H and O–H groups in total. The van der Waals surface area contributed by atoms with Gasteiger partial charge in [0, 0.05) is 40.3 Å². The molecule has 22 heavy (non-hydrogen) atoms. The zero-order valence-corrected chi connectivity index (χ0v) is 13.8. The maximum absolute atomic E-state index is 14.4. The summed E-state index contributed by atoms with van der Waals surface area (Å²) in [6.45, 7) is 5.36. The van der Waals surface area contributed by atoms with E-state index in [4.69, 9.17) is 0 Å². The normalized spacial score (nSPS) is 16.5. The number of benzene rings is 1. The fourth-order valence-electron chi connectivity index (χ4n) is 2.85. The van der Waals surface area contributed by atoms with Gasteiger partial charge >= 0.3 is 0 Å². The maximum Gasteiger partial charge on any atom is 0.146 e. The van der Waals surface area contributed by atoms with Crippen molar-refractivity contribution in [1.29, 1.82) is 5.26 Å². The molecule has 0 radical (unpaired) electrons. The molecular formula is C17H25FN4. The molecule has 1 saturated heterocycles. The van der Waals surface area contributed by atoms with Crippen LogP contribution in [0.15, 0.2) is 12.1 Å². The lowest BCUT2D eigenvalue weighted by atomic mass is 10.0. The molecule has 0 aromatic heterocycles. The van der Waals surface area contributed by atoms with Crippen molar-refractivity contribution in [2.24, 2.45) is 0 Å². The van der Waals surface area contributed by atoms with E-state index in [1.54, 1.807) is 4.90 Å². The van der Waals surface area contributed by atoms with Gasteiger partial charge in [-0.25, -0.2) is 4.39 Å². The van der Waals surface area contributed by atoms with Crippen LogP contribution in [0.3, 0.4) is 0 Å². The van der Waals surface area contributed by atoms with Gasteiger partial charge in [-0.15, -0.1) is 0 Å². The van der Waals surface area contributed by atoms with Crippen LogP contribution in [0, 0.1) is 17.1 Å². The fraction of sp³-hybridized carbons (Fsp3) is 0.588. The van der Waals surface area contributed by atoms with Gasteiger partial charge < -0.3 is 14.7 Å². The average Bonchev–Trinajstić information content (AvgIpc) is 2.50. The summed E-state index contributed by atoms with van der Waals surface area (Å²) in [5, 5.41) is 9.20. The molecule has 0 atom stereocenters. The third kappa shape index (κ3) is 3.96. The second kappa shape index (κ2) is 7.57. The molecule has 0 aliphatic carbocycles. The molecule has 2 rings (SSSR count). The number of aryl methyl sites for hydroxylation is 1. The van der Waals surface area contributed by atoms with Crippen LogP contribution in [0.4, 0.5) is 10.1 Å². The van der Waals surface area contributed by atoms with Gasteiger partial charge in [0.2, 0.25) is 0 Å². The third-order valence-electron chi connectivity index (χ3n) is 4.31. The van der Waals surface area contributed by atoms with Crippen molar-refractivity contribution >= 4 is 5.69 Å². The van der Waals surface area contributed by atoms with Crippen molar-refractivity contribution in [3.63, 3.8) is 0 Å². The molecule has 120 valence electrons. The Morgan fingerprint density at radius 2 is 1.91 bits per heavy atom. The van der Waals surface area contributed by atoms with Crippen LogP contribution in [0.25, 0.3) is 0 Å². The number of piperazine rings is 1. The summed E-state index contributed by atoms with van der Waals surface area (Å²) in [5.41, 5.74) is 1.45. The average molecular weight is 304 g/mol. The number of likely N-dealkylation sites (N-methyl/N-ethyl adjacent to an activating group) is 1. The van der Waals surface area contributed by atoms with Crippen molar-refractivity contribution in [3.8, 4) is 6.07 Å². The summed E-state index contributed by atoms with van der Waals surface area (Å²) in [5.74, 6) is -0.355. The largest absolute Gasteiger partial charge is 0.377 e. The number of hydrogen-bond donors (Lipinski definition) is 0. The molecule has 4 nitrogen and oxygen atoms in total. The highest BCUT2D eigenvalue weighted by molar-refractivity contribution is 5.60. The van der Waals surface area contributed by atoms with Gasteiger partial charge in [0.05, 0.1) is 5.69 Å². The van der Waals surface area contributed by atoms with Crippen LogP contribution in [-0.2, 0) is 6.42 Å². The topological polar surface area (TPSA) is 33.5 Å². The van der Waals surface area contributed by atoms with Gasteiger partial charge in [-0.2, -0.15) is 5.26 Å². The van der Waals surface area contributed by atoms with Crippen LogP contribution in [0.5, 0.6) is 0 Å². The Hall–Kier alpha value is -1.64. The van der Waals surface area contributed by atoms with E-state index >= 15 is 0 Å². The van der Waals surface area contributed by atoms with E-state index in [9.17, 15) is 9.65 Å². The predicted octanol–water partition coefficient (Wildman–Crippen LogP) is 1.94. The van der Waals surface area contributed by atoms with Gasteiger partial charge in [-0.05, 0) is 38.1 Å². The second-order valence-electron chi connectivity index (χ2n) is 6.19. The van der Waals surface area contributed by atoms with Crippen LogP contribution in [0.2, 0.25) is 0 Å². The molecule has 0 unspecified atom stereocenters. The number of hydrogen-bond acceptors (Lipinski definition) is 4. The first-order valence-electron chi connectivity index (χ1n) is 7.82. The molecule has 1 aromatic rings. The molecule has 0 saturated carbocycles. The van der Waals surface area contributed by atoms with Gasteiger partial charge in [0.1, 0.15) is 17.4 Å². The van der Waals surface area contributed by atoms with E-state index in [1.165, 1.54) is 0 Å². The van der Waals surface area contributed by atoms with E-state index in [2.05, 4.69) is 16.8 Å². The Balaban J connectivity index is 1.95. The Kier molecular flexibility index (Phi) is 5.76. The number of nitriles is 1. The van der Waals surface area contributed by atoms with E-state index in [0.29, 0.717) is 17.7 Å². The van der Waals surface area contributed by atoms with E-state index in [0.717, 1.165) is 39.1 Å². The first-order chi connectivity index (χ1) is 10.5. The summed E-state index contributed by atoms with van der Waals surface area (Å²) in [7, 11) is 5.79. The minimum atomic E-state index is -0.355. The Morgan fingerprint density at radius 1 is 1.23 bits per heavy atom. The molecule has 1 aliphatic heterocycles. The maximum atomic E-state index is 14.4. The predicted molar refractivity (Wildman–Crippen MR) is 87.7 cm³/mol. The second-order valence-corrected chi connectivity index (χ2v) is 6.19. The Bertz CT molecular complexity index is 542. The summed E-state index contributed by atoms with van der Waals surface area (Å²) < 4.78 is 14.4. The van der Waals surface area contributed by atoms with Gasteiger partial charge in [0.25, 0.3) is 0 Å². The molecule has 0 spiro atoms. The molecule has 1 fully saturated rings. The number of anilines is 1. The molecule has 1 aliphatic rings. The number of halogens is 1. The molecule has 1 aromatic carbocycles. The van der Waals surface area contributed by atoms with Crippen molar-refractivity contribution in [3.05, 3.63) is 29.1 Å². The zero-order chi connectivity index (χ0) is 16.1. The summed E-state index contributed by atoms with van der Waals surface area (Å²) >= 11 is 0. The highest BCUT2D eigenvalue weighted by Gasteiger charge is 2.16. The molecule has 0 bridgehead atoms. The summed E-state index contributed by atoms with van der Waals surface area (Å²) in [6, 6.07) is 5.65. The third-order valence-corrected chi connectivity index (χ3v) is 4.31. The summed E-state index contributed by atoms with van der Waals surface area (Å²) in [4.78, 5) is 6.53. The Morgan fingerprint density at radius 3 is 2.50 bits per heavy atom. The monoisotopic (exact) mass is 304 g/mol. The van der Waals surface area contributed by atoms with Crippen molar-refractivity contribution < 1.29 is 4.39 Å². The fourth-order valence-corrected chi connectivity index (χ4v) is 2.85. The SMILES string of the molecule is CN1CCN(CCCc2ccc(N(C)C)c(C#N)c2F)CC1. The van der Waals surface area contributed by atoms with Crippen LogP contribution in [-0.4, -0.2) is 63.7 Å². The van der Waals surface area contributed by atoms with Crippen molar-refractivity contribution in [2.45, 2.75) is 12.8 Å². The highest BCUT2D eigenvalue weighted by Crippen LogP contribution is 2.24. The van der Waals surface area contributed by atoms with Crippen LogP contribution >= 0.6 is 0 Å². The van der Waals surface area contributed by atoms with Crippen molar-refractivity contribution in [2.75, 3.05) is 58.8 Å². The van der Waals surface area contributed by atoms with E-state index < -0.39 is 0 Å². The smallest absolute Gasteiger partial charge is 0.146 e. The minimum absolute atomic E-state index is 0.155. The molecular weight excluding hydrogens is 279 g/mol. The lowest BCUT2D eigenvalue weighted by Crippen LogP contribution is -2.44. The first kappa shape index (κ1) is 16.7. The van der Waals surface area contributed by atoms with Crippen LogP contribution in [0.1, 0.15) is 17.5 Å². The number of nitrogens with zero attached hydrogens (tertiary/aromatic N) is 4. The Labute approximate surface area is 132 Å². The van der Waals surface area contributed by atoms with Gasteiger partial charge in [-0.3, -0.25) is 0 Å². The van der Waals surface area contributed by atoms with Gasteiger partial charge in [0.15, 0.2) is 0 Å². The molecule has 1 heterocycles. The number of rotatable bonds is 5.